The zero-order valence-electron chi connectivity index (χ0n) is 11.2. The van der Waals surface area contributed by atoms with Crippen LogP contribution in [0.15, 0.2) is 18.3 Å². The molecular formula is C14H12Cl2N2O3. The molecule has 0 radical (unpaired) electrons. The first-order chi connectivity index (χ1) is 10.1. The molecule has 1 atom stereocenters. The minimum absolute atomic E-state index is 0.410. The topological polar surface area (TPSA) is 64.2 Å². The Labute approximate surface area is 131 Å². The molecule has 1 aliphatic heterocycles. The molecule has 1 aromatic carbocycles. The molecule has 0 saturated heterocycles. The number of nitrogens with one attached hydrogen (secondary N) is 1. The molecule has 0 bridgehead atoms. The lowest BCUT2D eigenvalue weighted by molar-refractivity contribution is 0.0193. The number of carbonyl (C=O) groups excluding carboxylic acids is 1. The standard InChI is InChI=1S/C14H12Cl2N2O3/c1-7-9(6-17-18-7)14(19)21-11-2-3-20-12-5-8(15)4-10(16)13(11)12/h4-6,11H,2-3H2,1H3,(H,17,18). The Morgan fingerprint density at radius 1 is 1.48 bits per heavy atom. The Kier molecular flexibility index (Phi) is 3.78. The first-order valence-electron chi connectivity index (χ1n) is 6.39. The summed E-state index contributed by atoms with van der Waals surface area (Å²) >= 11 is 12.2. The van der Waals surface area contributed by atoms with E-state index in [9.17, 15) is 4.79 Å². The highest BCUT2D eigenvalue weighted by atomic mass is 35.5. The summed E-state index contributed by atoms with van der Waals surface area (Å²) in [4.78, 5) is 12.2. The number of ether oxygens (including phenoxy) is 2. The highest BCUT2D eigenvalue weighted by molar-refractivity contribution is 6.35. The number of esters is 1. The highest BCUT2D eigenvalue weighted by Crippen LogP contribution is 2.41. The summed E-state index contributed by atoms with van der Waals surface area (Å²) in [6, 6.07) is 3.28. The Bertz CT molecular complexity index is 700. The fourth-order valence-corrected chi connectivity index (χ4v) is 2.88. The molecule has 1 unspecified atom stereocenters. The van der Waals surface area contributed by atoms with Crippen LogP contribution in [0.5, 0.6) is 5.75 Å². The van der Waals surface area contributed by atoms with Crippen LogP contribution in [0, 0.1) is 6.92 Å². The van der Waals surface area contributed by atoms with Crippen molar-refractivity contribution in [3.63, 3.8) is 0 Å². The summed E-state index contributed by atoms with van der Waals surface area (Å²) in [6.07, 6.45) is 1.53. The fourth-order valence-electron chi connectivity index (χ4n) is 2.28. The van der Waals surface area contributed by atoms with Crippen molar-refractivity contribution in [2.45, 2.75) is 19.4 Å². The van der Waals surface area contributed by atoms with Crippen molar-refractivity contribution < 1.29 is 14.3 Å². The molecule has 0 amide bonds. The van der Waals surface area contributed by atoms with Gasteiger partial charge in [-0.3, -0.25) is 5.10 Å². The van der Waals surface area contributed by atoms with E-state index >= 15 is 0 Å². The molecule has 1 N–H and O–H groups in total. The van der Waals surface area contributed by atoms with Crippen molar-refractivity contribution in [3.05, 3.63) is 45.2 Å². The lowest BCUT2D eigenvalue weighted by atomic mass is 10.0. The van der Waals surface area contributed by atoms with Gasteiger partial charge in [0.25, 0.3) is 0 Å². The number of H-pyrrole nitrogens is 1. The average molecular weight is 327 g/mol. The van der Waals surface area contributed by atoms with E-state index in [0.29, 0.717) is 45.6 Å². The molecule has 21 heavy (non-hydrogen) atoms. The first kappa shape index (κ1) is 14.2. The number of carbonyl (C=O) groups is 1. The van der Waals surface area contributed by atoms with E-state index in [4.69, 9.17) is 32.7 Å². The second-order valence-corrected chi connectivity index (χ2v) is 5.58. The number of nitrogens with zero attached hydrogens (tertiary/aromatic N) is 1. The van der Waals surface area contributed by atoms with Gasteiger partial charge in [0.1, 0.15) is 17.4 Å². The molecule has 7 heteroatoms. The monoisotopic (exact) mass is 326 g/mol. The number of fused-ring (bicyclic) bond motifs is 1. The van der Waals surface area contributed by atoms with Gasteiger partial charge in [-0.15, -0.1) is 0 Å². The molecule has 1 aliphatic rings. The summed E-state index contributed by atoms with van der Waals surface area (Å²) in [5.74, 6) is 0.116. The van der Waals surface area contributed by atoms with Crippen molar-refractivity contribution in [1.29, 1.82) is 0 Å². The van der Waals surface area contributed by atoms with E-state index in [2.05, 4.69) is 10.2 Å². The van der Waals surface area contributed by atoms with Crippen LogP contribution in [-0.4, -0.2) is 22.8 Å². The molecule has 0 aliphatic carbocycles. The first-order valence-corrected chi connectivity index (χ1v) is 7.14. The third-order valence-electron chi connectivity index (χ3n) is 3.32. The van der Waals surface area contributed by atoms with E-state index in [-0.39, 0.29) is 0 Å². The van der Waals surface area contributed by atoms with Gasteiger partial charge >= 0.3 is 5.97 Å². The summed E-state index contributed by atoms with van der Waals surface area (Å²) < 4.78 is 11.1. The van der Waals surface area contributed by atoms with Crippen LogP contribution in [0.1, 0.15) is 34.1 Å². The van der Waals surface area contributed by atoms with Crippen LogP contribution in [-0.2, 0) is 4.74 Å². The van der Waals surface area contributed by atoms with E-state index in [1.165, 1.54) is 6.20 Å². The fraction of sp³-hybridized carbons (Fsp3) is 0.286. The average Bonchev–Trinajstić information content (AvgIpc) is 2.84. The van der Waals surface area contributed by atoms with Crippen LogP contribution in [0.2, 0.25) is 10.0 Å². The van der Waals surface area contributed by atoms with Gasteiger partial charge in [-0.05, 0) is 19.1 Å². The van der Waals surface area contributed by atoms with Crippen molar-refractivity contribution >= 4 is 29.2 Å². The normalized spacial score (nSPS) is 17.0. The predicted molar refractivity (Wildman–Crippen MR) is 78.1 cm³/mol. The maximum atomic E-state index is 12.2. The zero-order valence-corrected chi connectivity index (χ0v) is 12.7. The minimum Gasteiger partial charge on any atom is -0.493 e. The van der Waals surface area contributed by atoms with Crippen LogP contribution in [0.3, 0.4) is 0 Å². The largest absolute Gasteiger partial charge is 0.493 e. The number of hydrogen-bond donors (Lipinski definition) is 1. The van der Waals surface area contributed by atoms with Gasteiger partial charge in [0.15, 0.2) is 0 Å². The number of aromatic nitrogens is 2. The zero-order chi connectivity index (χ0) is 15.0. The number of halogens is 2. The van der Waals surface area contributed by atoms with E-state index in [1.807, 2.05) is 0 Å². The quantitative estimate of drug-likeness (QED) is 0.854. The Morgan fingerprint density at radius 2 is 2.29 bits per heavy atom. The Morgan fingerprint density at radius 3 is 3.00 bits per heavy atom. The third-order valence-corrected chi connectivity index (χ3v) is 3.85. The van der Waals surface area contributed by atoms with Crippen molar-refractivity contribution in [2.24, 2.45) is 0 Å². The number of aromatic amines is 1. The van der Waals surface area contributed by atoms with Crippen molar-refractivity contribution in [2.75, 3.05) is 6.61 Å². The predicted octanol–water partition coefficient (Wildman–Crippen LogP) is 3.71. The molecule has 2 aromatic rings. The van der Waals surface area contributed by atoms with Gasteiger partial charge in [-0.1, -0.05) is 23.2 Å². The van der Waals surface area contributed by atoms with Crippen LogP contribution in [0.4, 0.5) is 0 Å². The smallest absolute Gasteiger partial charge is 0.342 e. The molecule has 1 aromatic heterocycles. The molecule has 2 heterocycles. The van der Waals surface area contributed by atoms with Gasteiger partial charge in [-0.2, -0.15) is 5.10 Å². The molecule has 3 rings (SSSR count). The number of aryl methyl sites for hydroxylation is 1. The number of benzene rings is 1. The van der Waals surface area contributed by atoms with Gasteiger partial charge in [0.2, 0.25) is 0 Å². The maximum Gasteiger partial charge on any atom is 0.342 e. The lowest BCUT2D eigenvalue weighted by Crippen LogP contribution is -2.20. The molecule has 0 spiro atoms. The molecule has 5 nitrogen and oxygen atoms in total. The Balaban J connectivity index is 1.89. The van der Waals surface area contributed by atoms with Crippen molar-refractivity contribution in [3.8, 4) is 5.75 Å². The van der Waals surface area contributed by atoms with E-state index < -0.39 is 12.1 Å². The molecular weight excluding hydrogens is 315 g/mol. The maximum absolute atomic E-state index is 12.2. The van der Waals surface area contributed by atoms with Crippen molar-refractivity contribution in [1.82, 2.24) is 10.2 Å². The molecule has 0 fully saturated rings. The number of rotatable bonds is 2. The second kappa shape index (κ2) is 5.58. The van der Waals surface area contributed by atoms with Crippen LogP contribution in [0.25, 0.3) is 0 Å². The van der Waals surface area contributed by atoms with Crippen LogP contribution >= 0.6 is 23.2 Å². The molecule has 0 saturated carbocycles. The van der Waals surface area contributed by atoms with Crippen LogP contribution < -0.4 is 4.74 Å². The van der Waals surface area contributed by atoms with Gasteiger partial charge in [-0.25, -0.2) is 4.79 Å². The minimum atomic E-state index is -0.458. The van der Waals surface area contributed by atoms with Gasteiger partial charge in [0, 0.05) is 17.1 Å². The van der Waals surface area contributed by atoms with Gasteiger partial charge < -0.3 is 9.47 Å². The van der Waals surface area contributed by atoms with E-state index in [1.54, 1.807) is 19.1 Å². The molecule has 110 valence electrons. The highest BCUT2D eigenvalue weighted by Gasteiger charge is 2.29. The summed E-state index contributed by atoms with van der Waals surface area (Å²) in [7, 11) is 0. The SMILES string of the molecule is Cc1[nH]ncc1C(=O)OC1CCOc2cc(Cl)cc(Cl)c21. The van der Waals surface area contributed by atoms with Gasteiger partial charge in [0.05, 0.1) is 23.4 Å². The lowest BCUT2D eigenvalue weighted by Gasteiger charge is -2.26. The summed E-state index contributed by atoms with van der Waals surface area (Å²) in [5.41, 5.74) is 1.73. The summed E-state index contributed by atoms with van der Waals surface area (Å²) in [6.45, 7) is 2.19. The second-order valence-electron chi connectivity index (χ2n) is 4.74. The van der Waals surface area contributed by atoms with E-state index in [0.717, 1.165) is 0 Å². The number of hydrogen-bond acceptors (Lipinski definition) is 4. The third kappa shape index (κ3) is 2.71. The Hall–Kier alpha value is -1.72. The summed E-state index contributed by atoms with van der Waals surface area (Å²) in [5, 5.41) is 7.43.